The van der Waals surface area contributed by atoms with Crippen LogP contribution in [0.5, 0.6) is 0 Å². The maximum atomic E-state index is 13.2. The van der Waals surface area contributed by atoms with Crippen molar-refractivity contribution in [2.45, 2.75) is 31.2 Å². The Morgan fingerprint density at radius 2 is 2.10 bits per heavy atom. The molecule has 114 valence electrons. The molecular formula is C14H16F2N2O3. The molecule has 2 unspecified atom stereocenters. The molecule has 7 heteroatoms. The third-order valence-corrected chi connectivity index (χ3v) is 3.75. The molecule has 1 saturated carbocycles. The van der Waals surface area contributed by atoms with Crippen molar-refractivity contribution in [1.82, 2.24) is 10.6 Å². The highest BCUT2D eigenvalue weighted by atomic mass is 19.2. The normalized spacial score (nSPS) is 23.5. The summed E-state index contributed by atoms with van der Waals surface area (Å²) in [5, 5.41) is 13.6. The van der Waals surface area contributed by atoms with Crippen LogP contribution >= 0.6 is 0 Å². The fourth-order valence-electron chi connectivity index (χ4n) is 2.24. The van der Waals surface area contributed by atoms with E-state index in [0.717, 1.165) is 12.1 Å². The molecule has 5 nitrogen and oxygen atoms in total. The van der Waals surface area contributed by atoms with Crippen molar-refractivity contribution in [2.75, 3.05) is 6.54 Å². The SMILES string of the molecule is CC1(c2ccc(F)c(F)c2)CC1NC(=O)NCCC(=O)O. The second-order valence-corrected chi connectivity index (χ2v) is 5.35. The van der Waals surface area contributed by atoms with Crippen LogP contribution in [0.3, 0.4) is 0 Å². The molecule has 1 aliphatic rings. The molecule has 21 heavy (non-hydrogen) atoms. The van der Waals surface area contributed by atoms with Crippen molar-refractivity contribution in [2.24, 2.45) is 0 Å². The maximum Gasteiger partial charge on any atom is 0.315 e. The van der Waals surface area contributed by atoms with Gasteiger partial charge in [0.1, 0.15) is 0 Å². The number of rotatable bonds is 5. The van der Waals surface area contributed by atoms with Gasteiger partial charge in [-0.05, 0) is 24.1 Å². The minimum absolute atomic E-state index is 0.0375. The first-order valence-electron chi connectivity index (χ1n) is 6.54. The Morgan fingerprint density at radius 1 is 1.38 bits per heavy atom. The summed E-state index contributed by atoms with van der Waals surface area (Å²) in [6, 6.07) is 3.06. The van der Waals surface area contributed by atoms with Crippen LogP contribution in [0.25, 0.3) is 0 Å². The van der Waals surface area contributed by atoms with Crippen LogP contribution in [0.1, 0.15) is 25.3 Å². The zero-order valence-corrected chi connectivity index (χ0v) is 11.5. The fourth-order valence-corrected chi connectivity index (χ4v) is 2.24. The van der Waals surface area contributed by atoms with Crippen LogP contribution in [0.2, 0.25) is 0 Å². The van der Waals surface area contributed by atoms with E-state index < -0.39 is 29.0 Å². The van der Waals surface area contributed by atoms with Gasteiger partial charge in [-0.2, -0.15) is 0 Å². The lowest BCUT2D eigenvalue weighted by molar-refractivity contribution is -0.136. The molecule has 2 atom stereocenters. The van der Waals surface area contributed by atoms with Crippen LogP contribution < -0.4 is 10.6 Å². The van der Waals surface area contributed by atoms with Crippen LogP contribution in [0.15, 0.2) is 18.2 Å². The highest BCUT2D eigenvalue weighted by molar-refractivity contribution is 5.76. The van der Waals surface area contributed by atoms with E-state index in [9.17, 15) is 18.4 Å². The molecule has 1 aromatic carbocycles. The molecule has 0 aromatic heterocycles. The van der Waals surface area contributed by atoms with E-state index in [1.54, 1.807) is 0 Å². The van der Waals surface area contributed by atoms with Crippen molar-refractivity contribution in [3.05, 3.63) is 35.4 Å². The Bertz CT molecular complexity index is 579. The smallest absolute Gasteiger partial charge is 0.315 e. The van der Waals surface area contributed by atoms with E-state index in [1.807, 2.05) is 6.92 Å². The minimum atomic E-state index is -0.992. The van der Waals surface area contributed by atoms with Gasteiger partial charge in [0.2, 0.25) is 0 Å². The zero-order valence-electron chi connectivity index (χ0n) is 11.5. The molecular weight excluding hydrogens is 282 g/mol. The third kappa shape index (κ3) is 3.48. The van der Waals surface area contributed by atoms with Gasteiger partial charge in [0.05, 0.1) is 6.42 Å². The summed E-state index contributed by atoms with van der Waals surface area (Å²) in [6.45, 7) is 1.89. The van der Waals surface area contributed by atoms with Crippen LogP contribution in [-0.4, -0.2) is 29.7 Å². The summed E-state index contributed by atoms with van der Waals surface area (Å²) in [5.41, 5.74) is 0.191. The van der Waals surface area contributed by atoms with Gasteiger partial charge in [-0.1, -0.05) is 13.0 Å². The van der Waals surface area contributed by atoms with Crippen molar-refractivity contribution in [1.29, 1.82) is 0 Å². The molecule has 0 bridgehead atoms. The van der Waals surface area contributed by atoms with Gasteiger partial charge in [-0.3, -0.25) is 4.79 Å². The van der Waals surface area contributed by atoms with Gasteiger partial charge in [0.25, 0.3) is 0 Å². The van der Waals surface area contributed by atoms with Crippen molar-refractivity contribution >= 4 is 12.0 Å². The Hall–Kier alpha value is -2.18. The number of hydrogen-bond donors (Lipinski definition) is 3. The second-order valence-electron chi connectivity index (χ2n) is 5.35. The molecule has 0 heterocycles. The maximum absolute atomic E-state index is 13.2. The van der Waals surface area contributed by atoms with Crippen LogP contribution in [-0.2, 0) is 10.2 Å². The first kappa shape index (κ1) is 15.2. The fraction of sp³-hybridized carbons (Fsp3) is 0.429. The largest absolute Gasteiger partial charge is 0.481 e. The standard InChI is InChI=1S/C14H16F2N2O3/c1-14(8-2-3-9(15)10(16)6-8)7-11(14)18-13(21)17-5-4-12(19)20/h2-3,6,11H,4-5,7H2,1H3,(H,19,20)(H2,17,18,21). The van der Waals surface area contributed by atoms with Crippen molar-refractivity contribution < 1.29 is 23.5 Å². The number of nitrogens with one attached hydrogen (secondary N) is 2. The molecule has 1 aliphatic carbocycles. The second kappa shape index (κ2) is 5.67. The van der Waals surface area contributed by atoms with E-state index in [1.165, 1.54) is 6.07 Å². The predicted octanol–water partition coefficient (Wildman–Crippen LogP) is 1.77. The molecule has 2 amide bonds. The van der Waals surface area contributed by atoms with E-state index in [-0.39, 0.29) is 19.0 Å². The van der Waals surface area contributed by atoms with Gasteiger partial charge < -0.3 is 15.7 Å². The van der Waals surface area contributed by atoms with E-state index in [2.05, 4.69) is 10.6 Å². The zero-order chi connectivity index (χ0) is 15.6. The molecule has 3 N–H and O–H groups in total. The lowest BCUT2D eigenvalue weighted by atomic mass is 9.97. The molecule has 0 radical (unpaired) electrons. The van der Waals surface area contributed by atoms with Gasteiger partial charge >= 0.3 is 12.0 Å². The Kier molecular flexibility index (Phi) is 4.11. The van der Waals surface area contributed by atoms with Gasteiger partial charge in [-0.15, -0.1) is 0 Å². The predicted molar refractivity (Wildman–Crippen MR) is 70.9 cm³/mol. The number of carboxylic acids is 1. The van der Waals surface area contributed by atoms with Crippen LogP contribution in [0, 0.1) is 11.6 Å². The number of hydrogen-bond acceptors (Lipinski definition) is 2. The summed E-state index contributed by atoms with van der Waals surface area (Å²) >= 11 is 0. The van der Waals surface area contributed by atoms with Gasteiger partial charge in [-0.25, -0.2) is 13.6 Å². The lowest BCUT2D eigenvalue weighted by Crippen LogP contribution is -2.39. The summed E-state index contributed by atoms with van der Waals surface area (Å²) in [6.07, 6.45) is 0.461. The summed E-state index contributed by atoms with van der Waals surface area (Å²) in [7, 11) is 0. The first-order valence-corrected chi connectivity index (χ1v) is 6.54. The number of halogens is 2. The number of carbonyl (C=O) groups is 2. The number of aliphatic carboxylic acids is 1. The summed E-state index contributed by atoms with van der Waals surface area (Å²) in [4.78, 5) is 21.9. The first-order chi connectivity index (χ1) is 9.83. The number of amides is 2. The van der Waals surface area contributed by atoms with E-state index in [4.69, 9.17) is 5.11 Å². The average Bonchev–Trinajstić information content (AvgIpc) is 3.04. The highest BCUT2D eigenvalue weighted by Gasteiger charge is 2.52. The molecule has 2 rings (SSSR count). The quantitative estimate of drug-likeness (QED) is 0.775. The van der Waals surface area contributed by atoms with E-state index in [0.29, 0.717) is 12.0 Å². The minimum Gasteiger partial charge on any atom is -0.481 e. The highest BCUT2D eigenvalue weighted by Crippen LogP contribution is 2.48. The topological polar surface area (TPSA) is 78.4 Å². The molecule has 0 aliphatic heterocycles. The van der Waals surface area contributed by atoms with Crippen molar-refractivity contribution in [3.63, 3.8) is 0 Å². The van der Waals surface area contributed by atoms with Crippen molar-refractivity contribution in [3.8, 4) is 0 Å². The monoisotopic (exact) mass is 298 g/mol. The number of benzene rings is 1. The Labute approximate surface area is 120 Å². The van der Waals surface area contributed by atoms with Crippen LogP contribution in [0.4, 0.5) is 13.6 Å². The van der Waals surface area contributed by atoms with Gasteiger partial charge in [0.15, 0.2) is 11.6 Å². The van der Waals surface area contributed by atoms with E-state index >= 15 is 0 Å². The molecule has 1 aromatic rings. The average molecular weight is 298 g/mol. The number of carbonyl (C=O) groups excluding carboxylic acids is 1. The lowest BCUT2D eigenvalue weighted by Gasteiger charge is -2.13. The number of carboxylic acid groups (broad SMARTS) is 1. The molecule has 1 fully saturated rings. The van der Waals surface area contributed by atoms with Gasteiger partial charge in [0, 0.05) is 18.0 Å². The molecule has 0 spiro atoms. The third-order valence-electron chi connectivity index (χ3n) is 3.75. The molecule has 0 saturated heterocycles. The number of urea groups is 1. The Balaban J connectivity index is 1.89. The summed E-state index contributed by atoms with van der Waals surface area (Å²) < 4.78 is 26.2. The summed E-state index contributed by atoms with van der Waals surface area (Å²) in [5.74, 6) is -2.81. The Morgan fingerprint density at radius 3 is 2.71 bits per heavy atom.